The Balaban J connectivity index is 2.03. The summed E-state index contributed by atoms with van der Waals surface area (Å²) in [5.74, 6) is -1.31. The predicted octanol–water partition coefficient (Wildman–Crippen LogP) is 3.32. The number of hydrogen-bond donors (Lipinski definition) is 1. The van der Waals surface area contributed by atoms with Crippen LogP contribution in [0.25, 0.3) is 0 Å². The van der Waals surface area contributed by atoms with Crippen LogP contribution in [0.1, 0.15) is 18.1 Å². The van der Waals surface area contributed by atoms with E-state index in [1.807, 2.05) is 0 Å². The Kier molecular flexibility index (Phi) is 8.47. The molecule has 2 aromatic carbocycles. The molecule has 174 valence electrons. The molecular weight excluding hydrogens is 455 g/mol. The minimum atomic E-state index is -5.80. The molecule has 2 aromatic rings. The van der Waals surface area contributed by atoms with E-state index < -0.39 is 39.5 Å². The summed E-state index contributed by atoms with van der Waals surface area (Å²) in [5, 5.41) is 2.38. The highest BCUT2D eigenvalue weighted by atomic mass is 32.2. The summed E-state index contributed by atoms with van der Waals surface area (Å²) in [7, 11) is -5.80. The molecule has 0 heterocycles. The van der Waals surface area contributed by atoms with Crippen molar-refractivity contribution in [1.29, 1.82) is 0 Å². The highest BCUT2D eigenvalue weighted by molar-refractivity contribution is 7.88. The van der Waals surface area contributed by atoms with E-state index in [1.54, 1.807) is 37.3 Å². The minimum Gasteiger partial charge on any atom is -0.464 e. The largest absolute Gasteiger partial charge is 0.534 e. The summed E-state index contributed by atoms with van der Waals surface area (Å²) in [6.07, 6.45) is -0.964. The van der Waals surface area contributed by atoms with Gasteiger partial charge in [0.05, 0.1) is 6.61 Å². The Bertz CT molecular complexity index is 1010. The lowest BCUT2D eigenvalue weighted by Crippen LogP contribution is -2.43. The Morgan fingerprint density at radius 3 is 2.16 bits per heavy atom. The van der Waals surface area contributed by atoms with E-state index in [4.69, 9.17) is 9.47 Å². The molecule has 0 saturated heterocycles. The van der Waals surface area contributed by atoms with Gasteiger partial charge in [-0.1, -0.05) is 42.5 Å². The maximum atomic E-state index is 12.4. The van der Waals surface area contributed by atoms with E-state index in [2.05, 4.69) is 9.50 Å². The van der Waals surface area contributed by atoms with Crippen LogP contribution in [0.4, 0.5) is 18.0 Å². The molecular formula is C20H20F3NO7S. The van der Waals surface area contributed by atoms with E-state index in [0.29, 0.717) is 5.56 Å². The molecule has 12 heteroatoms. The summed E-state index contributed by atoms with van der Waals surface area (Å²) in [6.45, 7) is 1.61. The first-order chi connectivity index (χ1) is 15.0. The van der Waals surface area contributed by atoms with Crippen LogP contribution in [0.2, 0.25) is 0 Å². The zero-order valence-electron chi connectivity index (χ0n) is 16.8. The maximum Gasteiger partial charge on any atom is 0.534 e. The van der Waals surface area contributed by atoms with Crippen LogP contribution < -0.4 is 9.50 Å². The number of ether oxygens (including phenoxy) is 2. The molecule has 2 rings (SSSR count). The number of nitrogens with one attached hydrogen (secondary N) is 1. The van der Waals surface area contributed by atoms with Gasteiger partial charge < -0.3 is 19.0 Å². The van der Waals surface area contributed by atoms with Gasteiger partial charge in [-0.2, -0.15) is 21.6 Å². The molecule has 1 N–H and O–H groups in total. The second-order valence-electron chi connectivity index (χ2n) is 6.34. The van der Waals surface area contributed by atoms with Crippen molar-refractivity contribution in [3.63, 3.8) is 0 Å². The third-order valence-electron chi connectivity index (χ3n) is 3.93. The van der Waals surface area contributed by atoms with Crippen LogP contribution in [0.15, 0.2) is 54.6 Å². The molecule has 0 bridgehead atoms. The maximum absolute atomic E-state index is 12.4. The fourth-order valence-corrected chi connectivity index (χ4v) is 2.89. The van der Waals surface area contributed by atoms with Gasteiger partial charge in [0.15, 0.2) is 0 Å². The monoisotopic (exact) mass is 475 g/mol. The molecule has 0 radical (unpaired) electrons. The van der Waals surface area contributed by atoms with Crippen LogP contribution in [-0.4, -0.2) is 38.6 Å². The van der Waals surface area contributed by atoms with E-state index >= 15 is 0 Å². The topological polar surface area (TPSA) is 108 Å². The minimum absolute atomic E-state index is 0.0259. The van der Waals surface area contributed by atoms with Crippen molar-refractivity contribution in [1.82, 2.24) is 5.32 Å². The van der Waals surface area contributed by atoms with Crippen LogP contribution in [-0.2, 0) is 37.4 Å². The number of alkyl halides is 3. The lowest BCUT2D eigenvalue weighted by atomic mass is 10.1. The molecule has 0 aliphatic heterocycles. The molecule has 1 amide bonds. The summed E-state index contributed by atoms with van der Waals surface area (Å²) in [4.78, 5) is 24.3. The standard InChI is InChI=1S/C20H20F3NO7S/c1-2-29-18(25)17(24-19(26)30-13-15-6-4-3-5-7-15)12-14-8-10-16(11-9-14)31-32(27,28)20(21,22)23/h3-11,17H,2,12-13H2,1H3,(H,24,26). The first-order valence-electron chi connectivity index (χ1n) is 9.25. The van der Waals surface area contributed by atoms with Crippen molar-refractivity contribution >= 4 is 22.2 Å². The fraction of sp³-hybridized carbons (Fsp3) is 0.300. The number of esters is 1. The number of amides is 1. The zero-order chi connectivity index (χ0) is 23.8. The molecule has 1 unspecified atom stereocenters. The van der Waals surface area contributed by atoms with Crippen molar-refractivity contribution in [2.24, 2.45) is 0 Å². The first kappa shape index (κ1) is 25.0. The molecule has 0 aliphatic carbocycles. The summed E-state index contributed by atoms with van der Waals surface area (Å²) in [5.41, 5.74) is -4.44. The van der Waals surface area contributed by atoms with Gasteiger partial charge >= 0.3 is 27.7 Å². The Hall–Kier alpha value is -3.28. The quantitative estimate of drug-likeness (QED) is 0.337. The predicted molar refractivity (Wildman–Crippen MR) is 106 cm³/mol. The first-order valence-corrected chi connectivity index (χ1v) is 10.7. The highest BCUT2D eigenvalue weighted by Gasteiger charge is 2.48. The van der Waals surface area contributed by atoms with Crippen molar-refractivity contribution in [2.75, 3.05) is 6.61 Å². The van der Waals surface area contributed by atoms with Crippen molar-refractivity contribution in [3.05, 3.63) is 65.7 Å². The van der Waals surface area contributed by atoms with Gasteiger partial charge in [-0.25, -0.2) is 9.59 Å². The summed E-state index contributed by atoms with van der Waals surface area (Å²) >= 11 is 0. The molecule has 0 aromatic heterocycles. The van der Waals surface area contributed by atoms with Crippen LogP contribution in [0.3, 0.4) is 0 Å². The van der Waals surface area contributed by atoms with Gasteiger partial charge in [0.2, 0.25) is 0 Å². The molecule has 32 heavy (non-hydrogen) atoms. The van der Waals surface area contributed by atoms with Crippen LogP contribution in [0.5, 0.6) is 5.75 Å². The normalized spacial score (nSPS) is 12.5. The smallest absolute Gasteiger partial charge is 0.464 e. The highest BCUT2D eigenvalue weighted by Crippen LogP contribution is 2.27. The van der Waals surface area contributed by atoms with Gasteiger partial charge in [0.1, 0.15) is 18.4 Å². The van der Waals surface area contributed by atoms with E-state index in [-0.39, 0.29) is 19.6 Å². The Labute approximate surface area is 182 Å². The Morgan fingerprint density at radius 1 is 0.969 bits per heavy atom. The SMILES string of the molecule is CCOC(=O)C(Cc1ccc(OS(=O)(=O)C(F)(F)F)cc1)NC(=O)OCc1ccccc1. The number of carbonyl (C=O) groups is 2. The van der Waals surface area contributed by atoms with Crippen molar-refractivity contribution in [2.45, 2.75) is 31.5 Å². The number of rotatable bonds is 9. The average molecular weight is 475 g/mol. The summed E-state index contributed by atoms with van der Waals surface area (Å²) in [6, 6.07) is 12.2. The number of halogens is 3. The van der Waals surface area contributed by atoms with Gasteiger partial charge in [0, 0.05) is 6.42 Å². The van der Waals surface area contributed by atoms with Crippen LogP contribution >= 0.6 is 0 Å². The molecule has 0 spiro atoms. The third-order valence-corrected chi connectivity index (χ3v) is 4.91. The molecule has 1 atom stereocenters. The van der Waals surface area contributed by atoms with Gasteiger partial charge in [-0.3, -0.25) is 0 Å². The van der Waals surface area contributed by atoms with Crippen LogP contribution in [0, 0.1) is 0 Å². The van der Waals surface area contributed by atoms with Gasteiger partial charge in [-0.15, -0.1) is 0 Å². The van der Waals surface area contributed by atoms with Crippen molar-refractivity contribution < 1.29 is 44.8 Å². The third kappa shape index (κ3) is 7.45. The lowest BCUT2D eigenvalue weighted by molar-refractivity contribution is -0.145. The average Bonchev–Trinajstić information content (AvgIpc) is 2.73. The summed E-state index contributed by atoms with van der Waals surface area (Å²) < 4.78 is 73.4. The second-order valence-corrected chi connectivity index (χ2v) is 7.88. The molecule has 0 saturated carbocycles. The number of alkyl carbamates (subject to hydrolysis) is 1. The number of benzene rings is 2. The Morgan fingerprint density at radius 2 is 1.59 bits per heavy atom. The lowest BCUT2D eigenvalue weighted by Gasteiger charge is -2.17. The molecule has 0 aliphatic rings. The van der Waals surface area contributed by atoms with Gasteiger partial charge in [-0.05, 0) is 30.2 Å². The number of carbonyl (C=O) groups excluding carboxylic acids is 2. The zero-order valence-corrected chi connectivity index (χ0v) is 17.6. The molecule has 8 nitrogen and oxygen atoms in total. The van der Waals surface area contributed by atoms with E-state index in [0.717, 1.165) is 17.7 Å². The second kappa shape index (κ2) is 10.8. The van der Waals surface area contributed by atoms with E-state index in [1.165, 1.54) is 12.1 Å². The van der Waals surface area contributed by atoms with Gasteiger partial charge in [0.25, 0.3) is 0 Å². The van der Waals surface area contributed by atoms with Crippen molar-refractivity contribution in [3.8, 4) is 5.75 Å². The molecule has 0 fully saturated rings. The van der Waals surface area contributed by atoms with E-state index in [9.17, 15) is 31.2 Å². The fourth-order valence-electron chi connectivity index (χ4n) is 2.43. The number of hydrogen-bond acceptors (Lipinski definition) is 7.